The van der Waals surface area contributed by atoms with Crippen molar-refractivity contribution in [3.05, 3.63) is 94.7 Å². The molecule has 0 aliphatic heterocycles. The molecule has 0 unspecified atom stereocenters. The lowest BCUT2D eigenvalue weighted by atomic mass is 9.86. The molecule has 5 heteroatoms. The van der Waals surface area contributed by atoms with E-state index in [1.54, 1.807) is 0 Å². The zero-order valence-corrected chi connectivity index (χ0v) is 23.4. The summed E-state index contributed by atoms with van der Waals surface area (Å²) in [6.07, 6.45) is 8.41. The first-order valence-electron chi connectivity index (χ1n) is 14.7. The van der Waals surface area contributed by atoms with E-state index in [-0.39, 0.29) is 11.8 Å². The third-order valence-electron chi connectivity index (χ3n) is 8.45. The molecule has 2 saturated carbocycles. The van der Waals surface area contributed by atoms with Gasteiger partial charge in [0.05, 0.1) is 11.1 Å². The van der Waals surface area contributed by atoms with Crippen molar-refractivity contribution in [2.75, 3.05) is 11.9 Å². The summed E-state index contributed by atoms with van der Waals surface area (Å²) in [4.78, 5) is 31.2. The normalized spacial score (nSPS) is 15.7. The van der Waals surface area contributed by atoms with Crippen LogP contribution in [0, 0.1) is 19.8 Å². The summed E-state index contributed by atoms with van der Waals surface area (Å²) in [6, 6.07) is 21.9. The number of carbonyl (C=O) groups excluding carboxylic acids is 2. The Morgan fingerprint density at radius 1 is 0.825 bits per heavy atom. The van der Waals surface area contributed by atoms with Gasteiger partial charge in [-0.15, -0.1) is 0 Å². The van der Waals surface area contributed by atoms with Crippen molar-refractivity contribution >= 4 is 28.4 Å². The van der Waals surface area contributed by atoms with Crippen LogP contribution in [0.1, 0.15) is 88.4 Å². The van der Waals surface area contributed by atoms with Crippen LogP contribution in [0.3, 0.4) is 0 Å². The molecule has 2 aliphatic carbocycles. The molecule has 2 N–H and O–H groups in total. The fraction of sp³-hybridized carbons (Fsp3) is 0.343. The minimum absolute atomic E-state index is 0.0244. The largest absolute Gasteiger partial charge is 0.352 e. The fourth-order valence-electron chi connectivity index (χ4n) is 5.83. The number of hydrogen-bond donors (Lipinski definition) is 2. The lowest BCUT2D eigenvalue weighted by Crippen LogP contribution is -2.25. The van der Waals surface area contributed by atoms with Crippen LogP contribution in [0.4, 0.5) is 5.69 Å². The molecule has 0 saturated heterocycles. The second kappa shape index (κ2) is 11.2. The van der Waals surface area contributed by atoms with Crippen LogP contribution >= 0.6 is 0 Å². The standard InChI is InChI=1S/C35H37N3O2/c1-22-8-17-32-30(18-22)31(20-33(38-32)26-6-4-3-5-7-26)35(40)37-28-16-9-23(2)29(19-28)25-12-14-27(15-13-25)34(39)36-21-24-10-11-24/h8-9,12-20,24,26H,3-7,10-11,21H2,1-2H3,(H,36,39)(H,37,40). The molecule has 2 fully saturated rings. The summed E-state index contributed by atoms with van der Waals surface area (Å²) in [7, 11) is 0. The molecule has 5 nitrogen and oxygen atoms in total. The number of aryl methyl sites for hydroxylation is 2. The van der Waals surface area contributed by atoms with Crippen LogP contribution in [0.2, 0.25) is 0 Å². The predicted molar refractivity (Wildman–Crippen MR) is 162 cm³/mol. The highest BCUT2D eigenvalue weighted by Gasteiger charge is 2.23. The quantitative estimate of drug-likeness (QED) is 0.254. The van der Waals surface area contributed by atoms with Gasteiger partial charge in [0.25, 0.3) is 11.8 Å². The van der Waals surface area contributed by atoms with Gasteiger partial charge >= 0.3 is 0 Å². The van der Waals surface area contributed by atoms with E-state index >= 15 is 0 Å². The van der Waals surface area contributed by atoms with E-state index in [1.807, 2.05) is 61.5 Å². The van der Waals surface area contributed by atoms with E-state index in [1.165, 1.54) is 32.1 Å². The van der Waals surface area contributed by atoms with Crippen LogP contribution in [-0.2, 0) is 0 Å². The van der Waals surface area contributed by atoms with Gasteiger partial charge in [-0.1, -0.05) is 49.1 Å². The predicted octanol–water partition coefficient (Wildman–Crippen LogP) is 7.96. The van der Waals surface area contributed by atoms with Gasteiger partial charge in [0, 0.05) is 34.8 Å². The highest BCUT2D eigenvalue weighted by Crippen LogP contribution is 2.34. The third-order valence-corrected chi connectivity index (χ3v) is 8.45. The van der Waals surface area contributed by atoms with Crippen molar-refractivity contribution in [2.24, 2.45) is 5.92 Å². The number of rotatable bonds is 7. The number of amides is 2. The number of aromatic nitrogens is 1. The van der Waals surface area contributed by atoms with Gasteiger partial charge in [0.15, 0.2) is 0 Å². The SMILES string of the molecule is Cc1ccc2nc(C3CCCCC3)cc(C(=O)Nc3ccc(C)c(-c4ccc(C(=O)NCC5CC5)cc4)c3)c2c1. The number of hydrogen-bond acceptors (Lipinski definition) is 3. The minimum atomic E-state index is -0.118. The van der Waals surface area contributed by atoms with Gasteiger partial charge in [-0.05, 0) is 105 Å². The maximum atomic E-state index is 13.8. The lowest BCUT2D eigenvalue weighted by Gasteiger charge is -2.22. The Bertz CT molecular complexity index is 1560. The molecule has 2 amide bonds. The Labute approximate surface area is 236 Å². The van der Waals surface area contributed by atoms with Gasteiger partial charge in [-0.25, -0.2) is 0 Å². The van der Waals surface area contributed by atoms with Crippen LogP contribution in [0.15, 0.2) is 66.7 Å². The van der Waals surface area contributed by atoms with Crippen LogP contribution in [0.25, 0.3) is 22.0 Å². The fourth-order valence-corrected chi connectivity index (χ4v) is 5.83. The summed E-state index contributed by atoms with van der Waals surface area (Å²) in [5.41, 5.74) is 8.26. The van der Waals surface area contributed by atoms with E-state index < -0.39 is 0 Å². The van der Waals surface area contributed by atoms with Crippen molar-refractivity contribution in [1.29, 1.82) is 0 Å². The van der Waals surface area contributed by atoms with Crippen molar-refractivity contribution < 1.29 is 9.59 Å². The zero-order valence-electron chi connectivity index (χ0n) is 23.4. The first kappa shape index (κ1) is 26.2. The number of fused-ring (bicyclic) bond motifs is 1. The van der Waals surface area contributed by atoms with E-state index in [0.29, 0.717) is 23.0 Å². The summed E-state index contributed by atoms with van der Waals surface area (Å²) < 4.78 is 0. The first-order chi connectivity index (χ1) is 19.4. The Balaban J connectivity index is 1.26. The van der Waals surface area contributed by atoms with Gasteiger partial charge in [0.2, 0.25) is 0 Å². The number of pyridine rings is 1. The second-order valence-electron chi connectivity index (χ2n) is 11.7. The number of nitrogens with one attached hydrogen (secondary N) is 2. The zero-order chi connectivity index (χ0) is 27.6. The molecule has 0 atom stereocenters. The molecule has 4 aromatic rings. The molecule has 40 heavy (non-hydrogen) atoms. The Kier molecular flexibility index (Phi) is 7.38. The second-order valence-corrected chi connectivity index (χ2v) is 11.7. The molecule has 0 spiro atoms. The topological polar surface area (TPSA) is 71.1 Å². The molecule has 2 aliphatic rings. The molecule has 1 heterocycles. The van der Waals surface area contributed by atoms with Gasteiger partial charge in [-0.3, -0.25) is 14.6 Å². The highest BCUT2D eigenvalue weighted by atomic mass is 16.2. The summed E-state index contributed by atoms with van der Waals surface area (Å²) >= 11 is 0. The van der Waals surface area contributed by atoms with Crippen molar-refractivity contribution in [1.82, 2.24) is 10.3 Å². The maximum Gasteiger partial charge on any atom is 0.256 e. The van der Waals surface area contributed by atoms with E-state index in [2.05, 4.69) is 29.7 Å². The molecule has 1 aromatic heterocycles. The van der Waals surface area contributed by atoms with Crippen LogP contribution in [-0.4, -0.2) is 23.3 Å². The molecule has 0 bridgehead atoms. The monoisotopic (exact) mass is 531 g/mol. The molecule has 6 rings (SSSR count). The maximum absolute atomic E-state index is 13.8. The minimum Gasteiger partial charge on any atom is -0.352 e. The Hall–Kier alpha value is -3.99. The molecule has 204 valence electrons. The van der Waals surface area contributed by atoms with E-state index in [4.69, 9.17) is 4.98 Å². The smallest absolute Gasteiger partial charge is 0.256 e. The van der Waals surface area contributed by atoms with E-state index in [9.17, 15) is 9.59 Å². The summed E-state index contributed by atoms with van der Waals surface area (Å²) in [5, 5.41) is 7.09. The van der Waals surface area contributed by atoms with Gasteiger partial charge < -0.3 is 10.6 Å². The Morgan fingerprint density at radius 2 is 1.60 bits per heavy atom. The molecule has 3 aromatic carbocycles. The molecule has 0 radical (unpaired) electrons. The number of carbonyl (C=O) groups is 2. The summed E-state index contributed by atoms with van der Waals surface area (Å²) in [6.45, 7) is 4.87. The summed E-state index contributed by atoms with van der Waals surface area (Å²) in [5.74, 6) is 0.920. The molecular formula is C35H37N3O2. The highest BCUT2D eigenvalue weighted by molar-refractivity contribution is 6.12. The number of nitrogens with zero attached hydrogens (tertiary/aromatic N) is 1. The Morgan fingerprint density at radius 3 is 2.35 bits per heavy atom. The average molecular weight is 532 g/mol. The van der Waals surface area contributed by atoms with Crippen LogP contribution < -0.4 is 10.6 Å². The first-order valence-corrected chi connectivity index (χ1v) is 14.7. The molecular weight excluding hydrogens is 494 g/mol. The number of benzene rings is 3. The number of anilines is 1. The van der Waals surface area contributed by atoms with E-state index in [0.717, 1.165) is 63.9 Å². The van der Waals surface area contributed by atoms with Crippen LogP contribution in [0.5, 0.6) is 0 Å². The average Bonchev–Trinajstić information content (AvgIpc) is 3.81. The third kappa shape index (κ3) is 5.79. The van der Waals surface area contributed by atoms with Crippen molar-refractivity contribution in [3.8, 4) is 11.1 Å². The van der Waals surface area contributed by atoms with Crippen molar-refractivity contribution in [3.63, 3.8) is 0 Å². The van der Waals surface area contributed by atoms with Gasteiger partial charge in [0.1, 0.15) is 0 Å². The van der Waals surface area contributed by atoms with Crippen molar-refractivity contribution in [2.45, 2.75) is 64.7 Å². The lowest BCUT2D eigenvalue weighted by molar-refractivity contribution is 0.0951. The van der Waals surface area contributed by atoms with Gasteiger partial charge in [-0.2, -0.15) is 0 Å².